The molecule has 0 radical (unpaired) electrons. The van der Waals surface area contributed by atoms with E-state index in [0.29, 0.717) is 0 Å². The van der Waals surface area contributed by atoms with Crippen LogP contribution in [0.15, 0.2) is 24.4 Å². The summed E-state index contributed by atoms with van der Waals surface area (Å²) in [6, 6.07) is 4.67. The van der Waals surface area contributed by atoms with Gasteiger partial charge in [0, 0.05) is 0 Å². The summed E-state index contributed by atoms with van der Waals surface area (Å²) in [4.78, 5) is 21.8. The van der Waals surface area contributed by atoms with Crippen molar-refractivity contribution in [1.82, 2.24) is 10.2 Å². The van der Waals surface area contributed by atoms with Crippen molar-refractivity contribution >= 4 is 17.3 Å². The second kappa shape index (κ2) is 4.77. The van der Waals surface area contributed by atoms with Crippen LogP contribution in [0.3, 0.4) is 0 Å². The molecular formula is C11H10N4O4. The van der Waals surface area contributed by atoms with Crippen molar-refractivity contribution in [1.29, 1.82) is 0 Å². The smallest absolute Gasteiger partial charge is 0.319 e. The summed E-state index contributed by atoms with van der Waals surface area (Å²) < 4.78 is 0. The van der Waals surface area contributed by atoms with Crippen LogP contribution in [0.5, 0.6) is 5.75 Å². The first kappa shape index (κ1) is 12.6. The minimum atomic E-state index is -0.747. The van der Waals surface area contributed by atoms with Crippen molar-refractivity contribution in [2.75, 3.05) is 5.32 Å². The average Bonchev–Trinajstić information content (AvgIpc) is 2.82. The third-order valence-electron chi connectivity index (χ3n) is 2.44. The largest absolute Gasteiger partial charge is 0.506 e. The number of H-pyrrole nitrogens is 1. The van der Waals surface area contributed by atoms with Crippen molar-refractivity contribution in [2.45, 2.75) is 6.92 Å². The maximum atomic E-state index is 11.8. The first-order chi connectivity index (χ1) is 8.99. The molecule has 0 aliphatic carbocycles. The van der Waals surface area contributed by atoms with Crippen LogP contribution in [0.25, 0.3) is 0 Å². The summed E-state index contributed by atoms with van der Waals surface area (Å²) in [5, 5.41) is 28.4. The van der Waals surface area contributed by atoms with E-state index in [2.05, 4.69) is 15.5 Å². The van der Waals surface area contributed by atoms with Gasteiger partial charge in [-0.05, 0) is 24.6 Å². The molecule has 0 aliphatic heterocycles. The molecule has 0 fully saturated rings. The van der Waals surface area contributed by atoms with Crippen molar-refractivity contribution in [3.05, 3.63) is 45.8 Å². The van der Waals surface area contributed by atoms with E-state index >= 15 is 0 Å². The maximum absolute atomic E-state index is 11.8. The molecule has 8 heteroatoms. The Morgan fingerprint density at radius 2 is 2.26 bits per heavy atom. The number of phenolic OH excluding ortho intramolecular Hbond substituents is 1. The number of phenols is 1. The van der Waals surface area contributed by atoms with Gasteiger partial charge in [0.15, 0.2) is 0 Å². The SMILES string of the molecule is Cc1ccc(NC(=O)c2[nH]ncc2[N+](=O)[O-])c(O)c1. The van der Waals surface area contributed by atoms with E-state index in [9.17, 15) is 20.0 Å². The Morgan fingerprint density at radius 3 is 2.89 bits per heavy atom. The fourth-order valence-electron chi connectivity index (χ4n) is 1.52. The van der Waals surface area contributed by atoms with Gasteiger partial charge in [-0.15, -0.1) is 0 Å². The predicted octanol–water partition coefficient (Wildman–Crippen LogP) is 1.58. The van der Waals surface area contributed by atoms with E-state index in [0.717, 1.165) is 11.8 Å². The summed E-state index contributed by atoms with van der Waals surface area (Å²) >= 11 is 0. The number of anilines is 1. The lowest BCUT2D eigenvalue weighted by Gasteiger charge is -2.06. The molecule has 0 saturated heterocycles. The lowest BCUT2D eigenvalue weighted by Crippen LogP contribution is -2.14. The Bertz CT molecular complexity index is 650. The first-order valence-electron chi connectivity index (χ1n) is 5.28. The quantitative estimate of drug-likeness (QED) is 0.440. The standard InChI is InChI=1S/C11H10N4O4/c1-6-2-3-7(9(16)4-6)13-11(17)10-8(15(18)19)5-12-14-10/h2-5,16H,1H3,(H,12,14)(H,13,17). The summed E-state index contributed by atoms with van der Waals surface area (Å²) in [7, 11) is 0. The van der Waals surface area contributed by atoms with Gasteiger partial charge < -0.3 is 10.4 Å². The van der Waals surface area contributed by atoms with Crippen molar-refractivity contribution in [2.24, 2.45) is 0 Å². The van der Waals surface area contributed by atoms with Crippen molar-refractivity contribution in [3.8, 4) is 5.75 Å². The molecule has 1 aromatic heterocycles. The monoisotopic (exact) mass is 262 g/mol. The number of nitro groups is 1. The molecule has 0 unspecified atom stereocenters. The molecule has 19 heavy (non-hydrogen) atoms. The molecule has 1 heterocycles. The van der Waals surface area contributed by atoms with Gasteiger partial charge in [-0.3, -0.25) is 20.0 Å². The zero-order valence-corrected chi connectivity index (χ0v) is 9.88. The van der Waals surface area contributed by atoms with E-state index < -0.39 is 16.5 Å². The summed E-state index contributed by atoms with van der Waals surface area (Å²) in [6.45, 7) is 1.78. The van der Waals surface area contributed by atoms with Gasteiger partial charge in [-0.25, -0.2) is 0 Å². The first-order valence-corrected chi connectivity index (χ1v) is 5.28. The van der Waals surface area contributed by atoms with Crippen LogP contribution in [0.2, 0.25) is 0 Å². The lowest BCUT2D eigenvalue weighted by molar-refractivity contribution is -0.385. The number of benzene rings is 1. The number of hydrogen-bond donors (Lipinski definition) is 3. The van der Waals surface area contributed by atoms with Gasteiger partial charge in [0.25, 0.3) is 5.91 Å². The number of carbonyl (C=O) groups is 1. The predicted molar refractivity (Wildman–Crippen MR) is 66.0 cm³/mol. The minimum absolute atomic E-state index is 0.115. The van der Waals surface area contributed by atoms with Gasteiger partial charge in [-0.1, -0.05) is 6.07 Å². The number of hydrogen-bond acceptors (Lipinski definition) is 5. The molecule has 0 saturated carbocycles. The Hall–Kier alpha value is -2.90. The number of aryl methyl sites for hydroxylation is 1. The number of carbonyl (C=O) groups excluding carboxylic acids is 1. The zero-order valence-electron chi connectivity index (χ0n) is 9.88. The highest BCUT2D eigenvalue weighted by Gasteiger charge is 2.23. The van der Waals surface area contributed by atoms with Crippen molar-refractivity contribution in [3.63, 3.8) is 0 Å². The van der Waals surface area contributed by atoms with Gasteiger partial charge in [0.1, 0.15) is 11.9 Å². The molecule has 98 valence electrons. The number of aromatic hydroxyl groups is 1. The summed E-state index contributed by atoms with van der Waals surface area (Å²) in [6.07, 6.45) is 0.948. The highest BCUT2D eigenvalue weighted by Crippen LogP contribution is 2.25. The normalized spacial score (nSPS) is 10.2. The lowest BCUT2D eigenvalue weighted by atomic mass is 10.2. The third kappa shape index (κ3) is 2.51. The number of amides is 1. The fourth-order valence-corrected chi connectivity index (χ4v) is 1.52. The summed E-state index contributed by atoms with van der Waals surface area (Å²) in [5.74, 6) is -0.862. The van der Waals surface area contributed by atoms with Crippen molar-refractivity contribution < 1.29 is 14.8 Å². The Morgan fingerprint density at radius 1 is 1.53 bits per heavy atom. The zero-order chi connectivity index (χ0) is 14.0. The Labute approximate surface area is 107 Å². The van der Waals surface area contributed by atoms with E-state index in [1.165, 1.54) is 12.1 Å². The second-order valence-corrected chi connectivity index (χ2v) is 3.86. The number of rotatable bonds is 3. The Kier molecular flexibility index (Phi) is 3.15. The molecule has 2 rings (SSSR count). The van der Waals surface area contributed by atoms with Gasteiger partial charge >= 0.3 is 5.69 Å². The van der Waals surface area contributed by atoms with Gasteiger partial charge in [-0.2, -0.15) is 5.10 Å². The molecule has 0 atom stereocenters. The average molecular weight is 262 g/mol. The van der Waals surface area contributed by atoms with E-state index in [1.807, 2.05) is 0 Å². The number of aromatic nitrogens is 2. The minimum Gasteiger partial charge on any atom is -0.506 e. The highest BCUT2D eigenvalue weighted by atomic mass is 16.6. The van der Waals surface area contributed by atoms with Crippen LogP contribution in [-0.2, 0) is 0 Å². The van der Waals surface area contributed by atoms with E-state index in [-0.39, 0.29) is 17.1 Å². The molecule has 0 bridgehead atoms. The van der Waals surface area contributed by atoms with Gasteiger partial charge in [0.2, 0.25) is 5.69 Å². The molecule has 1 aromatic carbocycles. The molecule has 0 spiro atoms. The van der Waals surface area contributed by atoms with Crippen LogP contribution in [-0.4, -0.2) is 26.1 Å². The molecule has 1 amide bonds. The molecule has 2 aromatic rings. The highest BCUT2D eigenvalue weighted by molar-refractivity contribution is 6.06. The molecular weight excluding hydrogens is 252 g/mol. The molecule has 3 N–H and O–H groups in total. The van der Waals surface area contributed by atoms with Crippen LogP contribution < -0.4 is 5.32 Å². The maximum Gasteiger partial charge on any atom is 0.319 e. The Balaban J connectivity index is 2.26. The number of nitrogens with zero attached hydrogens (tertiary/aromatic N) is 2. The van der Waals surface area contributed by atoms with Crippen LogP contribution in [0, 0.1) is 17.0 Å². The number of nitrogens with one attached hydrogen (secondary N) is 2. The van der Waals surface area contributed by atoms with Crippen LogP contribution >= 0.6 is 0 Å². The topological polar surface area (TPSA) is 121 Å². The summed E-state index contributed by atoms with van der Waals surface area (Å²) in [5.41, 5.74) is 0.289. The van der Waals surface area contributed by atoms with E-state index in [4.69, 9.17) is 0 Å². The third-order valence-corrected chi connectivity index (χ3v) is 2.44. The van der Waals surface area contributed by atoms with Crippen LogP contribution in [0.1, 0.15) is 16.1 Å². The molecule has 0 aliphatic rings. The fraction of sp³-hybridized carbons (Fsp3) is 0.0909. The molecule has 8 nitrogen and oxygen atoms in total. The number of aromatic amines is 1. The van der Waals surface area contributed by atoms with Gasteiger partial charge in [0.05, 0.1) is 10.6 Å². The second-order valence-electron chi connectivity index (χ2n) is 3.86. The van der Waals surface area contributed by atoms with Crippen LogP contribution in [0.4, 0.5) is 11.4 Å². The van der Waals surface area contributed by atoms with E-state index in [1.54, 1.807) is 13.0 Å².